The molecule has 1 saturated carbocycles. The van der Waals surface area contributed by atoms with Gasteiger partial charge in [-0.3, -0.25) is 4.79 Å². The van der Waals surface area contributed by atoms with Crippen molar-refractivity contribution in [1.82, 2.24) is 4.31 Å². The standard InChI is InChI=1S/C18H29N3O3S/c1-13-7-5-10-17(14(13)2)19-12-18(22)20-15-8-6-9-16(11-15)25(23,24)21(3)4/h6,8-9,11,13-14,17,19H,5,7,10,12H2,1-4H3,(H,20,22)/p+1/t13-,14+,17+/m0/s1. The lowest BCUT2D eigenvalue weighted by atomic mass is 9.78. The van der Waals surface area contributed by atoms with Gasteiger partial charge in [0.05, 0.1) is 10.9 Å². The van der Waals surface area contributed by atoms with Gasteiger partial charge in [0.2, 0.25) is 10.0 Å². The monoisotopic (exact) mass is 368 g/mol. The summed E-state index contributed by atoms with van der Waals surface area (Å²) in [5, 5.41) is 4.93. The first-order chi connectivity index (χ1) is 11.7. The van der Waals surface area contributed by atoms with E-state index in [9.17, 15) is 13.2 Å². The first kappa shape index (κ1) is 19.9. The third-order valence-electron chi connectivity index (χ3n) is 5.27. The summed E-state index contributed by atoms with van der Waals surface area (Å²) < 4.78 is 25.5. The molecule has 1 aromatic carbocycles. The lowest BCUT2D eigenvalue weighted by Gasteiger charge is -2.31. The molecule has 0 heterocycles. The molecule has 1 amide bonds. The quantitative estimate of drug-likeness (QED) is 0.793. The van der Waals surface area contributed by atoms with Crippen molar-refractivity contribution in [1.29, 1.82) is 0 Å². The third kappa shape index (κ3) is 5.03. The van der Waals surface area contributed by atoms with Crippen LogP contribution in [0, 0.1) is 11.8 Å². The van der Waals surface area contributed by atoms with E-state index < -0.39 is 10.0 Å². The number of amides is 1. The van der Waals surface area contributed by atoms with Gasteiger partial charge in [0.25, 0.3) is 5.91 Å². The van der Waals surface area contributed by atoms with E-state index in [0.29, 0.717) is 30.1 Å². The van der Waals surface area contributed by atoms with E-state index in [4.69, 9.17) is 0 Å². The molecule has 2 rings (SSSR count). The Bertz CT molecular complexity index is 703. The molecule has 7 heteroatoms. The van der Waals surface area contributed by atoms with Gasteiger partial charge >= 0.3 is 0 Å². The Morgan fingerprint density at radius 3 is 2.68 bits per heavy atom. The molecule has 1 aromatic rings. The highest BCUT2D eigenvalue weighted by atomic mass is 32.2. The molecule has 0 unspecified atom stereocenters. The molecule has 1 aliphatic rings. The first-order valence-corrected chi connectivity index (χ1v) is 10.3. The van der Waals surface area contributed by atoms with Crippen molar-refractivity contribution in [2.45, 2.75) is 44.0 Å². The topological polar surface area (TPSA) is 83.1 Å². The summed E-state index contributed by atoms with van der Waals surface area (Å²) in [5.41, 5.74) is 0.506. The molecule has 0 aromatic heterocycles. The summed E-state index contributed by atoms with van der Waals surface area (Å²) >= 11 is 0. The summed E-state index contributed by atoms with van der Waals surface area (Å²) in [4.78, 5) is 12.4. The van der Waals surface area contributed by atoms with E-state index in [-0.39, 0.29) is 10.8 Å². The highest BCUT2D eigenvalue weighted by molar-refractivity contribution is 7.89. The van der Waals surface area contributed by atoms with Gasteiger partial charge in [-0.2, -0.15) is 0 Å². The maximum Gasteiger partial charge on any atom is 0.279 e. The highest BCUT2D eigenvalue weighted by Crippen LogP contribution is 2.27. The number of rotatable bonds is 6. The first-order valence-electron chi connectivity index (χ1n) is 8.87. The van der Waals surface area contributed by atoms with E-state index in [1.54, 1.807) is 12.1 Å². The molecule has 0 saturated heterocycles. The van der Waals surface area contributed by atoms with Gasteiger partial charge in [-0.25, -0.2) is 12.7 Å². The Morgan fingerprint density at radius 1 is 1.28 bits per heavy atom. The van der Waals surface area contributed by atoms with Gasteiger partial charge in [0.15, 0.2) is 6.54 Å². The summed E-state index contributed by atoms with van der Waals surface area (Å²) in [7, 11) is -0.528. The maximum absolute atomic E-state index is 12.2. The third-order valence-corrected chi connectivity index (χ3v) is 7.08. The number of hydrogen-bond acceptors (Lipinski definition) is 3. The number of benzene rings is 1. The van der Waals surface area contributed by atoms with Crippen LogP contribution in [0.3, 0.4) is 0 Å². The second kappa shape index (κ2) is 8.29. The summed E-state index contributed by atoms with van der Waals surface area (Å²) in [5.74, 6) is 1.20. The zero-order valence-electron chi connectivity index (χ0n) is 15.5. The van der Waals surface area contributed by atoms with Gasteiger partial charge in [0.1, 0.15) is 0 Å². The molecule has 3 N–H and O–H groups in total. The number of nitrogens with zero attached hydrogens (tertiary/aromatic N) is 1. The summed E-state index contributed by atoms with van der Waals surface area (Å²) in [6, 6.07) is 6.86. The fourth-order valence-corrected chi connectivity index (χ4v) is 4.32. The largest absolute Gasteiger partial charge is 0.336 e. The zero-order valence-corrected chi connectivity index (χ0v) is 16.3. The Kier molecular flexibility index (Phi) is 6.59. The van der Waals surface area contributed by atoms with Crippen molar-refractivity contribution in [3.8, 4) is 0 Å². The van der Waals surface area contributed by atoms with Crippen molar-refractivity contribution < 1.29 is 18.5 Å². The maximum atomic E-state index is 12.2. The fraction of sp³-hybridized carbons (Fsp3) is 0.611. The van der Waals surface area contributed by atoms with Crippen molar-refractivity contribution >= 4 is 21.6 Å². The van der Waals surface area contributed by atoms with E-state index in [1.807, 2.05) is 0 Å². The lowest BCUT2D eigenvalue weighted by Crippen LogP contribution is -2.93. The lowest BCUT2D eigenvalue weighted by molar-refractivity contribution is -0.688. The van der Waals surface area contributed by atoms with Crippen LogP contribution in [0.15, 0.2) is 29.2 Å². The molecule has 0 radical (unpaired) electrons. The van der Waals surface area contributed by atoms with Crippen LogP contribution in [0.2, 0.25) is 0 Å². The van der Waals surface area contributed by atoms with Crippen LogP contribution in [-0.2, 0) is 14.8 Å². The number of carbonyl (C=O) groups is 1. The van der Waals surface area contributed by atoms with E-state index in [1.165, 1.54) is 39.1 Å². The van der Waals surface area contributed by atoms with Gasteiger partial charge in [-0.05, 0) is 43.4 Å². The van der Waals surface area contributed by atoms with Crippen molar-refractivity contribution in [3.63, 3.8) is 0 Å². The molecule has 0 aliphatic heterocycles. The molecular formula is C18H30N3O3S+. The fourth-order valence-electron chi connectivity index (χ4n) is 3.37. The van der Waals surface area contributed by atoms with E-state index >= 15 is 0 Å². The molecule has 140 valence electrons. The summed E-state index contributed by atoms with van der Waals surface area (Å²) in [6.07, 6.45) is 3.64. The van der Waals surface area contributed by atoms with Crippen LogP contribution in [0.25, 0.3) is 0 Å². The second-order valence-corrected chi connectivity index (χ2v) is 9.39. The highest BCUT2D eigenvalue weighted by Gasteiger charge is 2.30. The summed E-state index contributed by atoms with van der Waals surface area (Å²) in [6.45, 7) is 4.90. The molecule has 0 spiro atoms. The number of sulfonamides is 1. The molecule has 25 heavy (non-hydrogen) atoms. The van der Waals surface area contributed by atoms with Gasteiger partial charge in [0, 0.05) is 25.7 Å². The van der Waals surface area contributed by atoms with Crippen LogP contribution < -0.4 is 10.6 Å². The van der Waals surface area contributed by atoms with Crippen LogP contribution in [-0.4, -0.2) is 45.3 Å². The predicted octanol–water partition coefficient (Wildman–Crippen LogP) is 1.26. The van der Waals surface area contributed by atoms with E-state index in [2.05, 4.69) is 24.5 Å². The number of nitrogens with one attached hydrogen (secondary N) is 1. The van der Waals surface area contributed by atoms with Crippen LogP contribution in [0.5, 0.6) is 0 Å². The van der Waals surface area contributed by atoms with Crippen LogP contribution in [0.1, 0.15) is 33.1 Å². The normalized spacial score (nSPS) is 24.3. The predicted molar refractivity (Wildman–Crippen MR) is 98.7 cm³/mol. The molecule has 6 nitrogen and oxygen atoms in total. The molecule has 0 bridgehead atoms. The van der Waals surface area contributed by atoms with Crippen LogP contribution >= 0.6 is 0 Å². The van der Waals surface area contributed by atoms with Crippen molar-refractivity contribution in [2.75, 3.05) is 26.0 Å². The van der Waals surface area contributed by atoms with Gasteiger partial charge in [-0.1, -0.05) is 19.9 Å². The number of quaternary nitrogens is 1. The minimum absolute atomic E-state index is 0.107. The molecule has 3 atom stereocenters. The average molecular weight is 369 g/mol. The van der Waals surface area contributed by atoms with Crippen LogP contribution in [0.4, 0.5) is 5.69 Å². The molecule has 1 aliphatic carbocycles. The van der Waals surface area contributed by atoms with Gasteiger partial charge in [-0.15, -0.1) is 0 Å². The number of anilines is 1. The Balaban J connectivity index is 1.95. The Hall–Kier alpha value is -1.44. The van der Waals surface area contributed by atoms with Crippen molar-refractivity contribution in [2.24, 2.45) is 11.8 Å². The Labute approximate surface area is 151 Å². The Morgan fingerprint density at radius 2 is 2.00 bits per heavy atom. The SMILES string of the molecule is C[C@@H]1[C@@H](C)CCC[C@H]1[NH2+]CC(=O)Nc1cccc(S(=O)(=O)N(C)C)c1. The zero-order chi connectivity index (χ0) is 18.6. The number of nitrogens with two attached hydrogens (primary N) is 1. The molecule has 1 fully saturated rings. The second-order valence-electron chi connectivity index (χ2n) is 7.23. The molecular weight excluding hydrogens is 338 g/mol. The van der Waals surface area contributed by atoms with E-state index in [0.717, 1.165) is 10.7 Å². The number of carbonyl (C=O) groups excluding carboxylic acids is 1. The minimum atomic E-state index is -3.50. The minimum Gasteiger partial charge on any atom is -0.336 e. The van der Waals surface area contributed by atoms with Crippen molar-refractivity contribution in [3.05, 3.63) is 24.3 Å². The smallest absolute Gasteiger partial charge is 0.279 e. The number of hydrogen-bond donors (Lipinski definition) is 2. The van der Waals surface area contributed by atoms with Gasteiger partial charge < -0.3 is 10.6 Å². The average Bonchev–Trinajstić information content (AvgIpc) is 2.56.